The number of benzene rings is 2. The molecule has 0 aliphatic rings. The Balaban J connectivity index is 2.27. The van der Waals surface area contributed by atoms with Crippen LogP contribution in [0, 0.1) is 18.6 Å². The highest BCUT2D eigenvalue weighted by Crippen LogP contribution is 2.35. The Hall–Kier alpha value is -1.42. The molecule has 2 rings (SSSR count). The highest BCUT2D eigenvalue weighted by atomic mass is 79.9. The molecule has 106 valence electrons. The van der Waals surface area contributed by atoms with Crippen molar-refractivity contribution in [1.29, 1.82) is 0 Å². The maximum absolute atomic E-state index is 13.7. The summed E-state index contributed by atoms with van der Waals surface area (Å²) in [6.45, 7) is 1.99. The fraction of sp³-hybridized carbons (Fsp3) is 0.250. The smallest absolute Gasteiger partial charge is 0.129 e. The highest BCUT2D eigenvalue weighted by Gasteiger charge is 2.16. The topological polar surface area (TPSA) is 9.23 Å². The Morgan fingerprint density at radius 2 is 1.90 bits per heavy atom. The Morgan fingerprint density at radius 1 is 1.15 bits per heavy atom. The minimum atomic E-state index is -0.564. The van der Waals surface area contributed by atoms with Crippen molar-refractivity contribution in [1.82, 2.24) is 0 Å². The monoisotopic (exact) mass is 340 g/mol. The maximum Gasteiger partial charge on any atom is 0.129 e. The van der Waals surface area contributed by atoms with Crippen LogP contribution in [0.25, 0.3) is 0 Å². The van der Waals surface area contributed by atoms with Gasteiger partial charge in [0.25, 0.3) is 0 Å². The van der Waals surface area contributed by atoms with Crippen molar-refractivity contribution in [2.24, 2.45) is 0 Å². The van der Waals surface area contributed by atoms with Gasteiger partial charge in [0.05, 0.1) is 7.11 Å². The van der Waals surface area contributed by atoms with Crippen LogP contribution >= 0.6 is 15.9 Å². The summed E-state index contributed by atoms with van der Waals surface area (Å²) in [5.74, 6) is -0.341. The molecule has 0 fully saturated rings. The van der Waals surface area contributed by atoms with Crippen molar-refractivity contribution < 1.29 is 13.5 Å². The summed E-state index contributed by atoms with van der Waals surface area (Å²) in [5.41, 5.74) is 2.53. The minimum Gasteiger partial charge on any atom is -0.496 e. The van der Waals surface area contributed by atoms with Crippen LogP contribution < -0.4 is 4.74 Å². The van der Waals surface area contributed by atoms with Crippen molar-refractivity contribution in [3.8, 4) is 5.75 Å². The number of methoxy groups -OCH3 is 1. The molecular weight excluding hydrogens is 326 g/mol. The van der Waals surface area contributed by atoms with E-state index >= 15 is 0 Å². The third-order valence-corrected chi connectivity index (χ3v) is 3.95. The van der Waals surface area contributed by atoms with E-state index in [2.05, 4.69) is 15.9 Å². The summed E-state index contributed by atoms with van der Waals surface area (Å²) in [4.78, 5) is -0.0997. The fourth-order valence-corrected chi connectivity index (χ4v) is 2.80. The van der Waals surface area contributed by atoms with Gasteiger partial charge in [0.1, 0.15) is 17.4 Å². The lowest BCUT2D eigenvalue weighted by Gasteiger charge is -2.15. The molecular formula is C16H15BrF2O. The molecule has 2 aromatic rings. The molecule has 0 saturated heterocycles. The number of ether oxygens (including phenoxy) is 1. The zero-order chi connectivity index (χ0) is 14.7. The van der Waals surface area contributed by atoms with Gasteiger partial charge in [-0.15, -0.1) is 0 Å². The molecule has 0 aliphatic heterocycles. The molecule has 0 aliphatic carbocycles. The molecule has 0 spiro atoms. The summed E-state index contributed by atoms with van der Waals surface area (Å²) in [5, 5.41) is 0. The molecule has 1 nitrogen and oxygen atoms in total. The zero-order valence-electron chi connectivity index (χ0n) is 11.3. The van der Waals surface area contributed by atoms with E-state index < -0.39 is 11.6 Å². The number of halogens is 3. The zero-order valence-corrected chi connectivity index (χ0v) is 12.9. The number of hydrogen-bond acceptors (Lipinski definition) is 1. The van der Waals surface area contributed by atoms with Crippen LogP contribution in [0.2, 0.25) is 0 Å². The predicted octanol–water partition coefficient (Wildman–Crippen LogP) is 4.96. The molecule has 0 radical (unpaired) electrons. The largest absolute Gasteiger partial charge is 0.496 e. The molecule has 2 aromatic carbocycles. The third kappa shape index (κ3) is 3.37. The van der Waals surface area contributed by atoms with Gasteiger partial charge in [-0.2, -0.15) is 0 Å². The molecule has 0 amide bonds. The number of hydrogen-bond donors (Lipinski definition) is 0. The molecule has 0 saturated carbocycles. The van der Waals surface area contributed by atoms with E-state index in [0.29, 0.717) is 12.0 Å². The molecule has 20 heavy (non-hydrogen) atoms. The highest BCUT2D eigenvalue weighted by molar-refractivity contribution is 9.09. The second kappa shape index (κ2) is 6.35. The van der Waals surface area contributed by atoms with Crippen molar-refractivity contribution in [3.63, 3.8) is 0 Å². The minimum absolute atomic E-state index is 0.0997. The standard InChI is InChI=1S/C16H15BrF2O/c1-10-3-6-16(20-2)13(7-10)14(17)8-11-4-5-12(18)9-15(11)19/h3-7,9,14H,8H2,1-2H3. The van der Waals surface area contributed by atoms with Gasteiger partial charge in [-0.05, 0) is 31.0 Å². The molecule has 4 heteroatoms. The van der Waals surface area contributed by atoms with E-state index in [1.165, 1.54) is 12.1 Å². The third-order valence-electron chi connectivity index (χ3n) is 3.14. The van der Waals surface area contributed by atoms with E-state index in [9.17, 15) is 8.78 Å². The molecule has 0 bridgehead atoms. The Bertz CT molecular complexity index is 613. The van der Waals surface area contributed by atoms with Crippen LogP contribution in [0.4, 0.5) is 8.78 Å². The quantitative estimate of drug-likeness (QED) is 0.714. The van der Waals surface area contributed by atoms with E-state index in [0.717, 1.165) is 22.9 Å². The summed E-state index contributed by atoms with van der Waals surface area (Å²) in [7, 11) is 1.60. The van der Waals surface area contributed by atoms with Gasteiger partial charge in [0.2, 0.25) is 0 Å². The Labute approximate surface area is 125 Å². The normalized spacial score (nSPS) is 12.2. The lowest BCUT2D eigenvalue weighted by molar-refractivity contribution is 0.409. The summed E-state index contributed by atoms with van der Waals surface area (Å²) >= 11 is 3.56. The van der Waals surface area contributed by atoms with Gasteiger partial charge in [0, 0.05) is 16.5 Å². The van der Waals surface area contributed by atoms with Gasteiger partial charge >= 0.3 is 0 Å². The van der Waals surface area contributed by atoms with Gasteiger partial charge in [-0.3, -0.25) is 0 Å². The van der Waals surface area contributed by atoms with Crippen LogP contribution in [0.3, 0.4) is 0 Å². The lowest BCUT2D eigenvalue weighted by atomic mass is 10.0. The van der Waals surface area contributed by atoms with E-state index in [1.807, 2.05) is 25.1 Å². The number of rotatable bonds is 4. The molecule has 0 heterocycles. The average Bonchev–Trinajstić information content (AvgIpc) is 2.41. The summed E-state index contributed by atoms with van der Waals surface area (Å²) in [6.07, 6.45) is 0.423. The maximum atomic E-state index is 13.7. The van der Waals surface area contributed by atoms with Crippen molar-refractivity contribution in [3.05, 3.63) is 64.7 Å². The first-order chi connectivity index (χ1) is 9.51. The van der Waals surface area contributed by atoms with E-state index in [1.54, 1.807) is 7.11 Å². The number of alkyl halides is 1. The van der Waals surface area contributed by atoms with Gasteiger partial charge in [-0.25, -0.2) is 8.78 Å². The van der Waals surface area contributed by atoms with E-state index in [4.69, 9.17) is 4.74 Å². The van der Waals surface area contributed by atoms with Gasteiger partial charge < -0.3 is 4.74 Å². The predicted molar refractivity (Wildman–Crippen MR) is 79.5 cm³/mol. The van der Waals surface area contributed by atoms with Gasteiger partial charge in [-0.1, -0.05) is 39.7 Å². The van der Waals surface area contributed by atoms with Crippen molar-refractivity contribution in [2.75, 3.05) is 7.11 Å². The lowest BCUT2D eigenvalue weighted by Crippen LogP contribution is -2.01. The molecule has 1 atom stereocenters. The Morgan fingerprint density at radius 3 is 2.55 bits per heavy atom. The first-order valence-electron chi connectivity index (χ1n) is 6.24. The van der Waals surface area contributed by atoms with Crippen LogP contribution in [-0.4, -0.2) is 7.11 Å². The summed E-state index contributed by atoms with van der Waals surface area (Å²) < 4.78 is 31.9. The molecule has 0 N–H and O–H groups in total. The second-order valence-electron chi connectivity index (χ2n) is 4.65. The SMILES string of the molecule is COc1ccc(C)cc1C(Br)Cc1ccc(F)cc1F. The van der Waals surface area contributed by atoms with E-state index in [-0.39, 0.29) is 4.83 Å². The number of aryl methyl sites for hydroxylation is 1. The average molecular weight is 341 g/mol. The van der Waals surface area contributed by atoms with Crippen LogP contribution in [0.1, 0.15) is 21.5 Å². The van der Waals surface area contributed by atoms with Crippen molar-refractivity contribution >= 4 is 15.9 Å². The van der Waals surface area contributed by atoms with Crippen molar-refractivity contribution in [2.45, 2.75) is 18.2 Å². The van der Waals surface area contributed by atoms with Gasteiger partial charge in [0.15, 0.2) is 0 Å². The van der Waals surface area contributed by atoms with Crippen LogP contribution in [0.5, 0.6) is 5.75 Å². The second-order valence-corrected chi connectivity index (χ2v) is 5.76. The summed E-state index contributed by atoms with van der Waals surface area (Å²) in [6, 6.07) is 9.50. The Kier molecular flexibility index (Phi) is 4.76. The molecule has 0 aromatic heterocycles. The van der Waals surface area contributed by atoms with Crippen LogP contribution in [0.15, 0.2) is 36.4 Å². The van der Waals surface area contributed by atoms with Crippen LogP contribution in [-0.2, 0) is 6.42 Å². The first-order valence-corrected chi connectivity index (χ1v) is 7.15. The first kappa shape index (κ1) is 15.0. The fourth-order valence-electron chi connectivity index (χ4n) is 2.09. The molecule has 1 unspecified atom stereocenters.